The molecule has 1 aliphatic rings. The molecule has 0 radical (unpaired) electrons. The molecule has 3 heterocycles. The summed E-state index contributed by atoms with van der Waals surface area (Å²) in [5.74, 6) is 0. The first-order chi connectivity index (χ1) is 10.9. The van der Waals surface area contributed by atoms with Gasteiger partial charge in [-0.25, -0.2) is 9.97 Å². The highest BCUT2D eigenvalue weighted by molar-refractivity contribution is 7.18. The van der Waals surface area contributed by atoms with Crippen molar-refractivity contribution in [3.63, 3.8) is 0 Å². The van der Waals surface area contributed by atoms with Gasteiger partial charge in [0, 0.05) is 32.9 Å². The molecule has 0 saturated carbocycles. The second-order valence-corrected chi connectivity index (χ2v) is 6.94. The van der Waals surface area contributed by atoms with E-state index < -0.39 is 0 Å². The standard InChI is InChI=1S/C18H15N3S/c1-3-7-14-11(5-1)13(9-19-14)17-16-12-6-2-4-8-15(12)22-18(16)21-10-20-17/h1,3,5,7,9-10,19H,2,4,6,8H2. The molecule has 1 aromatic carbocycles. The van der Waals surface area contributed by atoms with Crippen LogP contribution in [-0.4, -0.2) is 15.0 Å². The van der Waals surface area contributed by atoms with Crippen LogP contribution in [0.25, 0.3) is 32.4 Å². The number of nitrogens with zero attached hydrogens (tertiary/aromatic N) is 2. The van der Waals surface area contributed by atoms with E-state index in [9.17, 15) is 0 Å². The highest BCUT2D eigenvalue weighted by Crippen LogP contribution is 2.40. The number of aromatic amines is 1. The highest BCUT2D eigenvalue weighted by atomic mass is 32.1. The Balaban J connectivity index is 1.86. The molecule has 0 aliphatic heterocycles. The molecule has 0 saturated heterocycles. The summed E-state index contributed by atoms with van der Waals surface area (Å²) in [6, 6.07) is 8.42. The molecule has 22 heavy (non-hydrogen) atoms. The minimum Gasteiger partial charge on any atom is -0.360 e. The number of aromatic nitrogens is 3. The Morgan fingerprint density at radius 3 is 2.95 bits per heavy atom. The predicted molar refractivity (Wildman–Crippen MR) is 91.3 cm³/mol. The maximum atomic E-state index is 4.66. The van der Waals surface area contributed by atoms with Crippen LogP contribution in [-0.2, 0) is 12.8 Å². The number of H-pyrrole nitrogens is 1. The molecule has 108 valence electrons. The molecule has 0 amide bonds. The summed E-state index contributed by atoms with van der Waals surface area (Å²) < 4.78 is 0. The van der Waals surface area contributed by atoms with Gasteiger partial charge in [0.2, 0.25) is 0 Å². The van der Waals surface area contributed by atoms with E-state index in [1.807, 2.05) is 11.3 Å². The van der Waals surface area contributed by atoms with E-state index >= 15 is 0 Å². The van der Waals surface area contributed by atoms with Crippen LogP contribution in [0.1, 0.15) is 23.3 Å². The first-order valence-corrected chi connectivity index (χ1v) is 8.55. The summed E-state index contributed by atoms with van der Waals surface area (Å²) in [7, 11) is 0. The van der Waals surface area contributed by atoms with Crippen LogP contribution in [0, 0.1) is 0 Å². The lowest BCUT2D eigenvalue weighted by Crippen LogP contribution is -1.99. The molecule has 4 heteroatoms. The van der Waals surface area contributed by atoms with Gasteiger partial charge in [-0.1, -0.05) is 18.2 Å². The number of rotatable bonds is 1. The van der Waals surface area contributed by atoms with Gasteiger partial charge in [-0.05, 0) is 37.3 Å². The minimum atomic E-state index is 1.09. The second-order valence-electron chi connectivity index (χ2n) is 5.86. The fourth-order valence-electron chi connectivity index (χ4n) is 3.56. The normalized spacial score (nSPS) is 14.5. The van der Waals surface area contributed by atoms with Gasteiger partial charge < -0.3 is 4.98 Å². The quantitative estimate of drug-likeness (QED) is 0.553. The zero-order chi connectivity index (χ0) is 14.5. The molecule has 3 nitrogen and oxygen atoms in total. The van der Waals surface area contributed by atoms with Crippen LogP contribution in [0.4, 0.5) is 0 Å². The number of nitrogens with one attached hydrogen (secondary N) is 1. The van der Waals surface area contributed by atoms with E-state index in [0.717, 1.165) is 22.5 Å². The van der Waals surface area contributed by atoms with E-state index in [2.05, 4.69) is 45.4 Å². The molecular formula is C18H15N3S. The molecule has 5 rings (SSSR count). The lowest BCUT2D eigenvalue weighted by Gasteiger charge is -2.11. The van der Waals surface area contributed by atoms with Crippen molar-refractivity contribution in [2.75, 3.05) is 0 Å². The highest BCUT2D eigenvalue weighted by Gasteiger charge is 2.21. The molecule has 0 bridgehead atoms. The van der Waals surface area contributed by atoms with Crippen molar-refractivity contribution >= 4 is 32.5 Å². The fourth-order valence-corrected chi connectivity index (χ4v) is 4.79. The van der Waals surface area contributed by atoms with Crippen molar-refractivity contribution in [3.05, 3.63) is 47.2 Å². The van der Waals surface area contributed by atoms with Gasteiger partial charge in [0.05, 0.1) is 5.69 Å². The average molecular weight is 305 g/mol. The van der Waals surface area contributed by atoms with Crippen molar-refractivity contribution in [1.29, 1.82) is 0 Å². The predicted octanol–water partition coefficient (Wildman–Crippen LogP) is 4.72. The molecule has 4 aromatic rings. The van der Waals surface area contributed by atoms with E-state index in [4.69, 9.17) is 0 Å². The monoisotopic (exact) mass is 305 g/mol. The number of thiophene rings is 1. The third kappa shape index (κ3) is 1.67. The Morgan fingerprint density at radius 1 is 1.05 bits per heavy atom. The summed E-state index contributed by atoms with van der Waals surface area (Å²) in [4.78, 5) is 15.2. The Hall–Kier alpha value is -2.20. The van der Waals surface area contributed by atoms with Gasteiger partial charge in [-0.2, -0.15) is 0 Å². The third-order valence-electron chi connectivity index (χ3n) is 4.60. The Morgan fingerprint density at radius 2 is 1.95 bits per heavy atom. The van der Waals surface area contributed by atoms with Gasteiger partial charge in [-0.3, -0.25) is 0 Å². The third-order valence-corrected chi connectivity index (χ3v) is 5.80. The van der Waals surface area contributed by atoms with Crippen LogP contribution in [0.2, 0.25) is 0 Å². The lowest BCUT2D eigenvalue weighted by atomic mass is 9.95. The van der Waals surface area contributed by atoms with Crippen LogP contribution in [0.5, 0.6) is 0 Å². The number of hydrogen-bond donors (Lipinski definition) is 1. The van der Waals surface area contributed by atoms with Gasteiger partial charge in [-0.15, -0.1) is 11.3 Å². The zero-order valence-corrected chi connectivity index (χ0v) is 12.9. The van der Waals surface area contributed by atoms with Crippen molar-refractivity contribution in [2.45, 2.75) is 25.7 Å². The fraction of sp³-hybridized carbons (Fsp3) is 0.222. The second kappa shape index (κ2) is 4.65. The largest absolute Gasteiger partial charge is 0.360 e. The van der Waals surface area contributed by atoms with Crippen molar-refractivity contribution in [1.82, 2.24) is 15.0 Å². The molecule has 0 atom stereocenters. The van der Waals surface area contributed by atoms with E-state index in [1.165, 1.54) is 46.0 Å². The lowest BCUT2D eigenvalue weighted by molar-refractivity contribution is 0.700. The first-order valence-electron chi connectivity index (χ1n) is 7.73. The smallest absolute Gasteiger partial charge is 0.127 e. The number of para-hydroxylation sites is 1. The average Bonchev–Trinajstić information content (AvgIpc) is 3.16. The summed E-state index contributed by atoms with van der Waals surface area (Å²) in [5, 5.41) is 2.52. The van der Waals surface area contributed by atoms with E-state index in [1.54, 1.807) is 6.33 Å². The van der Waals surface area contributed by atoms with Gasteiger partial charge >= 0.3 is 0 Å². The molecule has 0 unspecified atom stereocenters. The Bertz CT molecular complexity index is 996. The van der Waals surface area contributed by atoms with Crippen molar-refractivity contribution in [2.24, 2.45) is 0 Å². The van der Waals surface area contributed by atoms with E-state index in [0.29, 0.717) is 0 Å². The molecule has 3 aromatic heterocycles. The molecule has 1 N–H and O–H groups in total. The number of benzene rings is 1. The Labute approximate surface area is 132 Å². The van der Waals surface area contributed by atoms with Crippen molar-refractivity contribution in [3.8, 4) is 11.3 Å². The van der Waals surface area contributed by atoms with Crippen LogP contribution in [0.3, 0.4) is 0 Å². The summed E-state index contributed by atoms with van der Waals surface area (Å²) in [6.45, 7) is 0. The molecular weight excluding hydrogens is 290 g/mol. The topological polar surface area (TPSA) is 41.6 Å². The maximum absolute atomic E-state index is 4.66. The Kier molecular flexibility index (Phi) is 2.61. The summed E-state index contributed by atoms with van der Waals surface area (Å²) >= 11 is 1.86. The number of hydrogen-bond acceptors (Lipinski definition) is 3. The SMILES string of the molecule is c1ccc2c(-c3ncnc4sc5c(c34)CCCC5)c[nH]c2c1. The molecule has 0 spiro atoms. The van der Waals surface area contributed by atoms with Gasteiger partial charge in [0.1, 0.15) is 11.2 Å². The molecule has 1 aliphatic carbocycles. The first kappa shape index (κ1) is 12.4. The van der Waals surface area contributed by atoms with Crippen LogP contribution >= 0.6 is 11.3 Å². The van der Waals surface area contributed by atoms with Gasteiger partial charge in [0.25, 0.3) is 0 Å². The zero-order valence-electron chi connectivity index (χ0n) is 12.1. The van der Waals surface area contributed by atoms with E-state index in [-0.39, 0.29) is 0 Å². The summed E-state index contributed by atoms with van der Waals surface area (Å²) in [5.41, 5.74) is 4.93. The maximum Gasteiger partial charge on any atom is 0.127 e. The minimum absolute atomic E-state index is 1.09. The van der Waals surface area contributed by atoms with Crippen LogP contribution in [0.15, 0.2) is 36.8 Å². The summed E-state index contributed by atoms with van der Waals surface area (Å²) in [6.07, 6.45) is 8.74. The number of aryl methyl sites for hydroxylation is 2. The molecule has 0 fully saturated rings. The van der Waals surface area contributed by atoms with Crippen LogP contribution < -0.4 is 0 Å². The van der Waals surface area contributed by atoms with Crippen molar-refractivity contribution < 1.29 is 0 Å². The van der Waals surface area contributed by atoms with Gasteiger partial charge in [0.15, 0.2) is 0 Å². The number of fused-ring (bicyclic) bond motifs is 4.